The lowest BCUT2D eigenvalue weighted by atomic mass is 9.78. The number of aliphatic hydroxyl groups excluding tert-OH is 1. The molecule has 7 heteroatoms. The molecule has 1 aliphatic heterocycles. The van der Waals surface area contributed by atoms with E-state index < -0.39 is 6.10 Å². The standard InChI is InChI=1S/C20H21FN4O2/c21-15-4-6-16(7-5-15)27-18-10-14-12-24(11-13(14)9-17(18)26)20-23-22-19-3-1-2-8-25(19)20/h1-8,13-14,17-18,26H,9-12H2/t13-,14+,17+,18+/m0/s1. The van der Waals surface area contributed by atoms with Gasteiger partial charge in [0.15, 0.2) is 5.65 Å². The predicted molar refractivity (Wildman–Crippen MR) is 98.2 cm³/mol. The van der Waals surface area contributed by atoms with E-state index in [1.54, 1.807) is 12.1 Å². The molecule has 0 amide bonds. The second kappa shape index (κ2) is 6.49. The molecule has 3 aromatic rings. The van der Waals surface area contributed by atoms with Crippen molar-refractivity contribution < 1.29 is 14.2 Å². The van der Waals surface area contributed by atoms with Crippen molar-refractivity contribution in [3.63, 3.8) is 0 Å². The third-order valence-corrected chi connectivity index (χ3v) is 5.76. The third kappa shape index (κ3) is 3.02. The zero-order chi connectivity index (χ0) is 18.4. The highest BCUT2D eigenvalue weighted by Crippen LogP contribution is 2.39. The van der Waals surface area contributed by atoms with E-state index in [4.69, 9.17) is 4.74 Å². The molecule has 1 N–H and O–H groups in total. The Morgan fingerprint density at radius 2 is 1.78 bits per heavy atom. The molecule has 1 saturated carbocycles. The Bertz CT molecular complexity index is 945. The van der Waals surface area contributed by atoms with E-state index in [0.29, 0.717) is 24.0 Å². The van der Waals surface area contributed by atoms with Gasteiger partial charge in [0.1, 0.15) is 17.7 Å². The van der Waals surface area contributed by atoms with Gasteiger partial charge in [0.05, 0.1) is 6.10 Å². The molecule has 1 aromatic carbocycles. The van der Waals surface area contributed by atoms with Gasteiger partial charge in [0.2, 0.25) is 5.95 Å². The fourth-order valence-electron chi connectivity index (χ4n) is 4.41. The van der Waals surface area contributed by atoms with Crippen LogP contribution in [0.25, 0.3) is 5.65 Å². The van der Waals surface area contributed by atoms with Crippen LogP contribution < -0.4 is 9.64 Å². The largest absolute Gasteiger partial charge is 0.488 e. The lowest BCUT2D eigenvalue weighted by Gasteiger charge is -2.35. The number of fused-ring (bicyclic) bond motifs is 2. The van der Waals surface area contributed by atoms with E-state index in [1.165, 1.54) is 12.1 Å². The van der Waals surface area contributed by atoms with Gasteiger partial charge in [-0.3, -0.25) is 4.40 Å². The maximum atomic E-state index is 13.1. The number of aromatic nitrogens is 3. The van der Waals surface area contributed by atoms with Crippen molar-refractivity contribution in [3.05, 3.63) is 54.5 Å². The minimum atomic E-state index is -0.522. The number of benzene rings is 1. The second-order valence-electron chi connectivity index (χ2n) is 7.50. The third-order valence-electron chi connectivity index (χ3n) is 5.76. The molecule has 140 valence electrons. The van der Waals surface area contributed by atoms with E-state index in [2.05, 4.69) is 15.1 Å². The van der Waals surface area contributed by atoms with Gasteiger partial charge in [0.25, 0.3) is 0 Å². The lowest BCUT2D eigenvalue weighted by Crippen LogP contribution is -2.42. The molecule has 2 fully saturated rings. The average molecular weight is 368 g/mol. The number of anilines is 1. The number of aliphatic hydroxyl groups is 1. The monoisotopic (exact) mass is 368 g/mol. The molecule has 27 heavy (non-hydrogen) atoms. The Morgan fingerprint density at radius 1 is 1.00 bits per heavy atom. The highest BCUT2D eigenvalue weighted by molar-refractivity contribution is 5.47. The second-order valence-corrected chi connectivity index (χ2v) is 7.50. The lowest BCUT2D eigenvalue weighted by molar-refractivity contribution is -0.0231. The van der Waals surface area contributed by atoms with Gasteiger partial charge >= 0.3 is 0 Å². The maximum absolute atomic E-state index is 13.1. The number of pyridine rings is 1. The normalized spacial score (nSPS) is 27.7. The van der Waals surface area contributed by atoms with Crippen molar-refractivity contribution in [2.45, 2.75) is 25.0 Å². The zero-order valence-electron chi connectivity index (χ0n) is 14.8. The van der Waals surface area contributed by atoms with E-state index in [0.717, 1.165) is 31.1 Å². The summed E-state index contributed by atoms with van der Waals surface area (Å²) in [6, 6.07) is 11.8. The summed E-state index contributed by atoms with van der Waals surface area (Å²) >= 11 is 0. The fourth-order valence-corrected chi connectivity index (χ4v) is 4.41. The maximum Gasteiger partial charge on any atom is 0.231 e. The highest BCUT2D eigenvalue weighted by atomic mass is 19.1. The van der Waals surface area contributed by atoms with Crippen LogP contribution in [0.15, 0.2) is 48.7 Å². The number of hydrogen-bond acceptors (Lipinski definition) is 5. The Balaban J connectivity index is 1.32. The van der Waals surface area contributed by atoms with Crippen molar-refractivity contribution >= 4 is 11.6 Å². The summed E-state index contributed by atoms with van der Waals surface area (Å²) in [5.41, 5.74) is 0.833. The van der Waals surface area contributed by atoms with Crippen LogP contribution >= 0.6 is 0 Å². The van der Waals surface area contributed by atoms with Crippen LogP contribution in [0.2, 0.25) is 0 Å². The first-order valence-corrected chi connectivity index (χ1v) is 9.32. The van der Waals surface area contributed by atoms with Gasteiger partial charge in [-0.1, -0.05) is 6.07 Å². The minimum absolute atomic E-state index is 0.271. The van der Waals surface area contributed by atoms with Gasteiger partial charge in [-0.25, -0.2) is 4.39 Å². The van der Waals surface area contributed by atoms with Gasteiger partial charge < -0.3 is 14.7 Å². The minimum Gasteiger partial charge on any atom is -0.488 e. The first-order valence-electron chi connectivity index (χ1n) is 9.32. The summed E-state index contributed by atoms with van der Waals surface area (Å²) in [4.78, 5) is 2.25. The van der Waals surface area contributed by atoms with E-state index >= 15 is 0 Å². The van der Waals surface area contributed by atoms with Crippen molar-refractivity contribution in [1.82, 2.24) is 14.6 Å². The molecule has 2 aliphatic rings. The molecule has 0 bridgehead atoms. The van der Waals surface area contributed by atoms with Gasteiger partial charge in [-0.15, -0.1) is 10.2 Å². The molecule has 5 rings (SSSR count). The van der Waals surface area contributed by atoms with Crippen LogP contribution in [-0.4, -0.2) is 45.0 Å². The molecule has 6 nitrogen and oxygen atoms in total. The van der Waals surface area contributed by atoms with Crippen LogP contribution in [0.4, 0.5) is 10.3 Å². The summed E-state index contributed by atoms with van der Waals surface area (Å²) < 4.78 is 21.0. The number of rotatable bonds is 3. The number of hydrogen-bond donors (Lipinski definition) is 1. The number of ether oxygens (including phenoxy) is 1. The number of nitrogens with zero attached hydrogens (tertiary/aromatic N) is 4. The van der Waals surface area contributed by atoms with Crippen molar-refractivity contribution in [2.24, 2.45) is 11.8 Å². The Morgan fingerprint density at radius 3 is 2.59 bits per heavy atom. The number of halogens is 1. The molecule has 0 radical (unpaired) electrons. The highest BCUT2D eigenvalue weighted by Gasteiger charge is 2.43. The molecule has 4 atom stereocenters. The first kappa shape index (κ1) is 16.5. The molecular formula is C20H21FN4O2. The summed E-state index contributed by atoms with van der Waals surface area (Å²) in [7, 11) is 0. The van der Waals surface area contributed by atoms with Crippen molar-refractivity contribution in [1.29, 1.82) is 0 Å². The Kier molecular flexibility index (Phi) is 3.97. The van der Waals surface area contributed by atoms with E-state index in [1.807, 2.05) is 28.8 Å². The zero-order valence-corrected chi connectivity index (χ0v) is 14.8. The molecule has 1 saturated heterocycles. The summed E-state index contributed by atoms with van der Waals surface area (Å²) in [6.45, 7) is 1.73. The van der Waals surface area contributed by atoms with Gasteiger partial charge in [0, 0.05) is 19.3 Å². The van der Waals surface area contributed by atoms with E-state index in [-0.39, 0.29) is 11.9 Å². The van der Waals surface area contributed by atoms with Crippen LogP contribution in [0.5, 0.6) is 5.75 Å². The van der Waals surface area contributed by atoms with Gasteiger partial charge in [-0.05, 0) is 61.1 Å². The SMILES string of the molecule is O[C@@H]1C[C@H]2CN(c3nnc4ccccn34)C[C@H]2C[C@H]1Oc1ccc(F)cc1. The topological polar surface area (TPSA) is 62.9 Å². The van der Waals surface area contributed by atoms with Crippen LogP contribution in [0.3, 0.4) is 0 Å². The first-order chi connectivity index (χ1) is 13.2. The van der Waals surface area contributed by atoms with Crippen LogP contribution in [-0.2, 0) is 0 Å². The van der Waals surface area contributed by atoms with E-state index in [9.17, 15) is 9.50 Å². The fraction of sp³-hybridized carbons (Fsp3) is 0.400. The summed E-state index contributed by atoms with van der Waals surface area (Å²) in [6.07, 6.45) is 2.65. The Hall–Kier alpha value is -2.67. The van der Waals surface area contributed by atoms with Crippen molar-refractivity contribution in [2.75, 3.05) is 18.0 Å². The summed E-state index contributed by atoms with van der Waals surface area (Å²) in [5, 5.41) is 19.2. The van der Waals surface area contributed by atoms with Gasteiger partial charge in [-0.2, -0.15) is 0 Å². The molecule has 0 spiro atoms. The summed E-state index contributed by atoms with van der Waals surface area (Å²) in [5.74, 6) is 1.99. The Labute approximate surface area is 156 Å². The van der Waals surface area contributed by atoms with Crippen LogP contribution in [0, 0.1) is 17.7 Å². The molecule has 2 aromatic heterocycles. The van der Waals surface area contributed by atoms with Crippen LogP contribution in [0.1, 0.15) is 12.8 Å². The quantitative estimate of drug-likeness (QED) is 0.770. The molecular weight excluding hydrogens is 347 g/mol. The smallest absolute Gasteiger partial charge is 0.231 e. The molecule has 0 unspecified atom stereocenters. The molecule has 1 aliphatic carbocycles. The predicted octanol–water partition coefficient (Wildman–Crippen LogP) is 2.52. The van der Waals surface area contributed by atoms with Crippen molar-refractivity contribution in [3.8, 4) is 5.75 Å². The molecule has 3 heterocycles. The average Bonchev–Trinajstić information content (AvgIpc) is 3.27.